The van der Waals surface area contributed by atoms with Gasteiger partial charge in [-0.15, -0.1) is 0 Å². The number of hydrogen-bond acceptors (Lipinski definition) is 4. The molecule has 5 heteroatoms. The fourth-order valence-electron chi connectivity index (χ4n) is 1.28. The van der Waals surface area contributed by atoms with Crippen molar-refractivity contribution in [3.05, 3.63) is 46.9 Å². The van der Waals surface area contributed by atoms with Crippen LogP contribution in [0.1, 0.15) is 11.3 Å². The van der Waals surface area contributed by atoms with Crippen LogP contribution < -0.4 is 10.5 Å². The molecule has 0 bridgehead atoms. The zero-order valence-corrected chi connectivity index (χ0v) is 10.1. The van der Waals surface area contributed by atoms with Gasteiger partial charge in [-0.1, -0.05) is 11.6 Å². The van der Waals surface area contributed by atoms with Crippen molar-refractivity contribution in [3.8, 4) is 11.6 Å². The minimum absolute atomic E-state index is 0.356. The van der Waals surface area contributed by atoms with Gasteiger partial charge in [-0.25, -0.2) is 4.98 Å². The first-order valence-corrected chi connectivity index (χ1v) is 5.52. The number of rotatable bonds is 3. The zero-order valence-electron chi connectivity index (χ0n) is 9.35. The Bertz CT molecular complexity index is 514. The molecule has 0 unspecified atom stereocenters. The van der Waals surface area contributed by atoms with Crippen LogP contribution in [0.2, 0.25) is 5.02 Å². The van der Waals surface area contributed by atoms with Gasteiger partial charge in [0.2, 0.25) is 5.88 Å². The number of pyridine rings is 2. The van der Waals surface area contributed by atoms with Gasteiger partial charge in [0.15, 0.2) is 0 Å². The topological polar surface area (TPSA) is 61.0 Å². The van der Waals surface area contributed by atoms with Crippen LogP contribution in [0.3, 0.4) is 0 Å². The fourth-order valence-corrected chi connectivity index (χ4v) is 1.51. The maximum Gasteiger partial charge on any atom is 0.238 e. The molecule has 2 aromatic heterocycles. The molecule has 0 spiro atoms. The van der Waals surface area contributed by atoms with Crippen molar-refractivity contribution in [2.24, 2.45) is 5.73 Å². The van der Waals surface area contributed by atoms with Crippen LogP contribution in [0.4, 0.5) is 0 Å². The van der Waals surface area contributed by atoms with Gasteiger partial charge in [-0.3, -0.25) is 4.98 Å². The van der Waals surface area contributed by atoms with Crippen molar-refractivity contribution in [1.29, 1.82) is 0 Å². The minimum atomic E-state index is 0.356. The molecule has 2 heterocycles. The Labute approximate surface area is 104 Å². The molecule has 4 nitrogen and oxygen atoms in total. The first-order valence-electron chi connectivity index (χ1n) is 5.14. The predicted octanol–water partition coefficient (Wildman–Crippen LogP) is 2.69. The molecule has 17 heavy (non-hydrogen) atoms. The molecule has 0 atom stereocenters. The van der Waals surface area contributed by atoms with Gasteiger partial charge < -0.3 is 10.5 Å². The Morgan fingerprint density at radius 2 is 2.12 bits per heavy atom. The molecule has 2 aromatic rings. The Morgan fingerprint density at radius 1 is 1.29 bits per heavy atom. The van der Waals surface area contributed by atoms with E-state index in [1.807, 2.05) is 19.1 Å². The van der Waals surface area contributed by atoms with Crippen LogP contribution in [0.25, 0.3) is 0 Å². The Balaban J connectivity index is 2.21. The molecule has 0 radical (unpaired) electrons. The third-order valence-electron chi connectivity index (χ3n) is 2.20. The van der Waals surface area contributed by atoms with Crippen LogP contribution in [-0.4, -0.2) is 9.97 Å². The molecule has 0 aliphatic carbocycles. The lowest BCUT2D eigenvalue weighted by Crippen LogP contribution is -1.98. The summed E-state index contributed by atoms with van der Waals surface area (Å²) in [5.74, 6) is 0.958. The number of aromatic nitrogens is 2. The molecule has 0 saturated heterocycles. The summed E-state index contributed by atoms with van der Waals surface area (Å²) < 4.78 is 5.52. The summed E-state index contributed by atoms with van der Waals surface area (Å²) in [6, 6.07) is 5.42. The summed E-state index contributed by atoms with van der Waals surface area (Å²) in [6.07, 6.45) is 3.27. The van der Waals surface area contributed by atoms with E-state index in [0.717, 1.165) is 11.3 Å². The Kier molecular flexibility index (Phi) is 3.56. The van der Waals surface area contributed by atoms with Crippen molar-refractivity contribution >= 4 is 11.6 Å². The lowest BCUT2D eigenvalue weighted by molar-refractivity contribution is 0.460. The summed E-state index contributed by atoms with van der Waals surface area (Å²) in [4.78, 5) is 8.23. The van der Waals surface area contributed by atoms with E-state index in [9.17, 15) is 0 Å². The van der Waals surface area contributed by atoms with Crippen molar-refractivity contribution < 1.29 is 4.74 Å². The Morgan fingerprint density at radius 3 is 2.71 bits per heavy atom. The molecule has 2 N–H and O–H groups in total. The summed E-state index contributed by atoms with van der Waals surface area (Å²) in [6.45, 7) is 2.31. The zero-order chi connectivity index (χ0) is 12.3. The van der Waals surface area contributed by atoms with E-state index < -0.39 is 0 Å². The SMILES string of the molecule is Cc1ccc(Oc2ncc(CN)cc2Cl)cn1. The van der Waals surface area contributed by atoms with Gasteiger partial charge in [0.1, 0.15) is 10.8 Å². The molecule has 0 aromatic carbocycles. The molecule has 0 aliphatic heterocycles. The third kappa shape index (κ3) is 2.93. The number of hydrogen-bond donors (Lipinski definition) is 1. The van der Waals surface area contributed by atoms with Crippen molar-refractivity contribution in [2.45, 2.75) is 13.5 Å². The van der Waals surface area contributed by atoms with Gasteiger partial charge >= 0.3 is 0 Å². The average Bonchev–Trinajstić information content (AvgIpc) is 2.34. The smallest absolute Gasteiger partial charge is 0.238 e. The minimum Gasteiger partial charge on any atom is -0.436 e. The second kappa shape index (κ2) is 5.12. The number of ether oxygens (including phenoxy) is 1. The average molecular weight is 250 g/mol. The second-order valence-corrected chi connectivity index (χ2v) is 3.98. The molecular formula is C12H12ClN3O. The molecule has 0 aliphatic rings. The Hall–Kier alpha value is -1.65. The number of nitrogens with zero attached hydrogens (tertiary/aromatic N) is 2. The van der Waals surface area contributed by atoms with Crippen LogP contribution >= 0.6 is 11.6 Å². The van der Waals surface area contributed by atoms with Crippen molar-refractivity contribution in [1.82, 2.24) is 9.97 Å². The molecule has 88 valence electrons. The van der Waals surface area contributed by atoms with Crippen molar-refractivity contribution in [3.63, 3.8) is 0 Å². The van der Waals surface area contributed by atoms with E-state index in [-0.39, 0.29) is 0 Å². The number of nitrogens with two attached hydrogens (primary N) is 1. The second-order valence-electron chi connectivity index (χ2n) is 3.57. The molecule has 0 saturated carbocycles. The van der Waals surface area contributed by atoms with Crippen LogP contribution in [0.15, 0.2) is 30.6 Å². The lowest BCUT2D eigenvalue weighted by atomic mass is 10.3. The third-order valence-corrected chi connectivity index (χ3v) is 2.47. The van der Waals surface area contributed by atoms with Crippen molar-refractivity contribution in [2.75, 3.05) is 0 Å². The lowest BCUT2D eigenvalue weighted by Gasteiger charge is -2.07. The molecule has 2 rings (SSSR count). The first kappa shape index (κ1) is 11.8. The van der Waals surface area contributed by atoms with E-state index >= 15 is 0 Å². The highest BCUT2D eigenvalue weighted by atomic mass is 35.5. The summed E-state index contributed by atoms with van der Waals surface area (Å²) in [5.41, 5.74) is 7.28. The van der Waals surface area contributed by atoms with Gasteiger partial charge in [0.25, 0.3) is 0 Å². The maximum atomic E-state index is 6.03. The highest BCUT2D eigenvalue weighted by Gasteiger charge is 2.05. The fraction of sp³-hybridized carbons (Fsp3) is 0.167. The van der Waals surface area contributed by atoms with Crippen LogP contribution in [-0.2, 0) is 6.54 Å². The van der Waals surface area contributed by atoms with Gasteiger partial charge in [0.05, 0.1) is 6.20 Å². The summed E-state index contributed by atoms with van der Waals surface area (Å²) in [7, 11) is 0. The number of halogens is 1. The monoisotopic (exact) mass is 249 g/mol. The van der Waals surface area contributed by atoms with E-state index in [0.29, 0.717) is 23.2 Å². The van der Waals surface area contributed by atoms with Gasteiger partial charge in [0, 0.05) is 18.4 Å². The quantitative estimate of drug-likeness (QED) is 0.909. The van der Waals surface area contributed by atoms with Gasteiger partial charge in [-0.05, 0) is 30.7 Å². The van der Waals surface area contributed by atoms with E-state index in [1.54, 1.807) is 18.5 Å². The summed E-state index contributed by atoms with van der Waals surface area (Å²) in [5, 5.41) is 0.438. The van der Waals surface area contributed by atoms with E-state index in [4.69, 9.17) is 22.1 Å². The van der Waals surface area contributed by atoms with Crippen LogP contribution in [0, 0.1) is 6.92 Å². The van der Waals surface area contributed by atoms with Crippen LogP contribution in [0.5, 0.6) is 11.6 Å². The predicted molar refractivity (Wildman–Crippen MR) is 66.2 cm³/mol. The number of aryl methyl sites for hydroxylation is 1. The highest BCUT2D eigenvalue weighted by molar-refractivity contribution is 6.31. The molecule has 0 amide bonds. The normalized spacial score (nSPS) is 10.3. The van der Waals surface area contributed by atoms with Gasteiger partial charge in [-0.2, -0.15) is 0 Å². The summed E-state index contributed by atoms with van der Waals surface area (Å²) >= 11 is 6.03. The van der Waals surface area contributed by atoms with E-state index in [1.165, 1.54) is 0 Å². The largest absolute Gasteiger partial charge is 0.436 e. The molecular weight excluding hydrogens is 238 g/mol. The van der Waals surface area contributed by atoms with E-state index in [2.05, 4.69) is 9.97 Å². The maximum absolute atomic E-state index is 6.03. The standard InChI is InChI=1S/C12H12ClN3O/c1-8-2-3-10(7-15-8)17-12-11(13)4-9(5-14)6-16-12/h2-4,6-7H,5,14H2,1H3. The first-order chi connectivity index (χ1) is 8.19. The highest BCUT2D eigenvalue weighted by Crippen LogP contribution is 2.27. The molecule has 0 fully saturated rings.